The van der Waals surface area contributed by atoms with E-state index < -0.39 is 28.8 Å². The maximum Gasteiger partial charge on any atom is 0.338 e. The number of rotatable bonds is 8. The summed E-state index contributed by atoms with van der Waals surface area (Å²) >= 11 is 6.30. The Balaban J connectivity index is 3.27. The molecular weight excluding hydrogens is 322 g/mol. The van der Waals surface area contributed by atoms with Crippen LogP contribution in [-0.4, -0.2) is 43.9 Å². The van der Waals surface area contributed by atoms with Crippen LogP contribution in [0.15, 0.2) is 30.3 Å². The standard InChI is InChI=1S/C16H20ClNO5/c1-3-16(17,4-2)15(23)18(12(13(19)20)14(21)22)10-11-8-6-5-7-9-11/h5-9,12H,3-4,10H2,1-2H3,(H,19,20)(H,21,22). The van der Waals surface area contributed by atoms with Gasteiger partial charge in [0.25, 0.3) is 0 Å². The highest BCUT2D eigenvalue weighted by molar-refractivity contribution is 6.35. The third kappa shape index (κ3) is 4.45. The second kappa shape index (κ2) is 7.97. The molecule has 1 rings (SSSR count). The van der Waals surface area contributed by atoms with Crippen molar-refractivity contribution in [3.05, 3.63) is 35.9 Å². The number of aliphatic carboxylic acids is 2. The predicted octanol–water partition coefficient (Wildman–Crippen LogP) is 2.35. The zero-order valence-corrected chi connectivity index (χ0v) is 13.8. The maximum atomic E-state index is 12.7. The first-order valence-electron chi connectivity index (χ1n) is 7.26. The van der Waals surface area contributed by atoms with Gasteiger partial charge in [0.1, 0.15) is 4.87 Å². The molecule has 0 saturated heterocycles. The molecule has 126 valence electrons. The van der Waals surface area contributed by atoms with E-state index in [9.17, 15) is 24.6 Å². The molecule has 23 heavy (non-hydrogen) atoms. The minimum Gasteiger partial charge on any atom is -0.479 e. The van der Waals surface area contributed by atoms with Crippen LogP contribution in [0, 0.1) is 0 Å². The van der Waals surface area contributed by atoms with Gasteiger partial charge in [0.15, 0.2) is 0 Å². The Hall–Kier alpha value is -2.08. The largest absolute Gasteiger partial charge is 0.479 e. The number of carbonyl (C=O) groups excluding carboxylic acids is 1. The molecule has 0 saturated carbocycles. The topological polar surface area (TPSA) is 94.9 Å². The number of carboxylic acid groups (broad SMARTS) is 2. The summed E-state index contributed by atoms with van der Waals surface area (Å²) in [7, 11) is 0. The smallest absolute Gasteiger partial charge is 0.338 e. The molecule has 1 aromatic rings. The van der Waals surface area contributed by atoms with Crippen LogP contribution in [0.3, 0.4) is 0 Å². The van der Waals surface area contributed by atoms with Crippen molar-refractivity contribution < 1.29 is 24.6 Å². The molecule has 0 fully saturated rings. The van der Waals surface area contributed by atoms with Crippen molar-refractivity contribution in [1.82, 2.24) is 4.90 Å². The first-order valence-corrected chi connectivity index (χ1v) is 7.64. The van der Waals surface area contributed by atoms with E-state index in [1.165, 1.54) is 0 Å². The van der Waals surface area contributed by atoms with Crippen molar-refractivity contribution in [3.8, 4) is 0 Å². The fraction of sp³-hybridized carbons (Fsp3) is 0.438. The van der Waals surface area contributed by atoms with Crippen LogP contribution >= 0.6 is 11.6 Å². The van der Waals surface area contributed by atoms with E-state index in [0.29, 0.717) is 5.56 Å². The molecule has 0 aliphatic heterocycles. The third-order valence-electron chi connectivity index (χ3n) is 3.74. The summed E-state index contributed by atoms with van der Waals surface area (Å²) in [6.45, 7) is 3.26. The molecule has 0 aromatic heterocycles. The summed E-state index contributed by atoms with van der Waals surface area (Å²) in [5, 5.41) is 18.5. The SMILES string of the molecule is CCC(Cl)(CC)C(=O)N(Cc1ccccc1)C(C(=O)O)C(=O)O. The number of alkyl halides is 1. The molecular formula is C16H20ClNO5. The second-order valence-electron chi connectivity index (χ2n) is 5.17. The van der Waals surface area contributed by atoms with Crippen molar-refractivity contribution in [1.29, 1.82) is 0 Å². The Bertz CT molecular complexity index is 557. The molecule has 1 amide bonds. The van der Waals surface area contributed by atoms with Gasteiger partial charge in [-0.15, -0.1) is 11.6 Å². The predicted molar refractivity (Wildman–Crippen MR) is 85.2 cm³/mol. The highest BCUT2D eigenvalue weighted by Gasteiger charge is 2.43. The van der Waals surface area contributed by atoms with E-state index in [1.807, 2.05) is 0 Å². The van der Waals surface area contributed by atoms with Crippen molar-refractivity contribution in [2.24, 2.45) is 0 Å². The van der Waals surface area contributed by atoms with Gasteiger partial charge in [0.05, 0.1) is 0 Å². The van der Waals surface area contributed by atoms with Crippen LogP contribution in [0.1, 0.15) is 32.3 Å². The quantitative estimate of drug-likeness (QED) is 0.559. The number of hydrogen-bond acceptors (Lipinski definition) is 3. The molecule has 6 nitrogen and oxygen atoms in total. The molecule has 0 atom stereocenters. The Morgan fingerprint density at radius 1 is 1.09 bits per heavy atom. The van der Waals surface area contributed by atoms with Gasteiger partial charge in [0, 0.05) is 6.54 Å². The third-order valence-corrected chi connectivity index (χ3v) is 4.44. The molecule has 0 heterocycles. The van der Waals surface area contributed by atoms with E-state index in [1.54, 1.807) is 44.2 Å². The van der Waals surface area contributed by atoms with Gasteiger partial charge >= 0.3 is 11.9 Å². The lowest BCUT2D eigenvalue weighted by atomic mass is 9.98. The molecule has 0 unspecified atom stereocenters. The molecule has 0 aliphatic rings. The van der Waals surface area contributed by atoms with E-state index in [-0.39, 0.29) is 19.4 Å². The van der Waals surface area contributed by atoms with Crippen LogP contribution in [0.25, 0.3) is 0 Å². The molecule has 7 heteroatoms. The van der Waals surface area contributed by atoms with E-state index in [4.69, 9.17) is 11.6 Å². The molecule has 0 spiro atoms. The van der Waals surface area contributed by atoms with E-state index in [2.05, 4.69) is 0 Å². The summed E-state index contributed by atoms with van der Waals surface area (Å²) in [4.78, 5) is 35.0. The lowest BCUT2D eigenvalue weighted by Crippen LogP contribution is -2.55. The van der Waals surface area contributed by atoms with Gasteiger partial charge in [0.2, 0.25) is 11.9 Å². The number of carboxylic acids is 2. The van der Waals surface area contributed by atoms with Crippen LogP contribution in [0.4, 0.5) is 0 Å². The van der Waals surface area contributed by atoms with Gasteiger partial charge in [-0.3, -0.25) is 4.79 Å². The Labute approximate surface area is 139 Å². The van der Waals surface area contributed by atoms with Crippen LogP contribution in [-0.2, 0) is 20.9 Å². The minimum absolute atomic E-state index is 0.141. The van der Waals surface area contributed by atoms with Crippen molar-refractivity contribution >= 4 is 29.4 Å². The Morgan fingerprint density at radius 3 is 1.96 bits per heavy atom. The lowest BCUT2D eigenvalue weighted by Gasteiger charge is -2.33. The van der Waals surface area contributed by atoms with Crippen LogP contribution in [0.2, 0.25) is 0 Å². The summed E-state index contributed by atoms with van der Waals surface area (Å²) in [6.07, 6.45) is 0.530. The molecule has 0 radical (unpaired) electrons. The van der Waals surface area contributed by atoms with Gasteiger partial charge in [-0.2, -0.15) is 0 Å². The molecule has 0 aliphatic carbocycles. The van der Waals surface area contributed by atoms with Gasteiger partial charge < -0.3 is 15.1 Å². The number of carbonyl (C=O) groups is 3. The normalized spacial score (nSPS) is 11.3. The first-order chi connectivity index (χ1) is 10.8. The zero-order chi connectivity index (χ0) is 17.6. The van der Waals surface area contributed by atoms with Gasteiger partial charge in [-0.05, 0) is 18.4 Å². The van der Waals surface area contributed by atoms with Crippen LogP contribution in [0.5, 0.6) is 0 Å². The summed E-state index contributed by atoms with van der Waals surface area (Å²) < 4.78 is 0. The number of benzene rings is 1. The average molecular weight is 342 g/mol. The minimum atomic E-state index is -1.99. The van der Waals surface area contributed by atoms with E-state index >= 15 is 0 Å². The molecule has 0 bridgehead atoms. The summed E-state index contributed by atoms with van der Waals surface area (Å²) in [6, 6.07) is 6.61. The maximum absolute atomic E-state index is 12.7. The molecule has 1 aromatic carbocycles. The van der Waals surface area contributed by atoms with Gasteiger partial charge in [-0.25, -0.2) is 9.59 Å². The highest BCUT2D eigenvalue weighted by Crippen LogP contribution is 2.28. The van der Waals surface area contributed by atoms with Gasteiger partial charge in [-0.1, -0.05) is 44.2 Å². The average Bonchev–Trinajstić information content (AvgIpc) is 2.53. The van der Waals surface area contributed by atoms with Crippen molar-refractivity contribution in [2.45, 2.75) is 44.1 Å². The molecule has 2 N–H and O–H groups in total. The fourth-order valence-electron chi connectivity index (χ4n) is 2.24. The monoisotopic (exact) mass is 341 g/mol. The fourth-order valence-corrected chi connectivity index (χ4v) is 2.35. The first kappa shape index (κ1) is 19.0. The lowest BCUT2D eigenvalue weighted by molar-refractivity contribution is -0.163. The summed E-state index contributed by atoms with van der Waals surface area (Å²) in [5.74, 6) is -3.90. The zero-order valence-electron chi connectivity index (χ0n) is 13.0. The Kier molecular flexibility index (Phi) is 6.57. The summed E-state index contributed by atoms with van der Waals surface area (Å²) in [5.41, 5.74) is 0.625. The van der Waals surface area contributed by atoms with Crippen molar-refractivity contribution in [2.75, 3.05) is 0 Å². The Morgan fingerprint density at radius 2 is 1.57 bits per heavy atom. The van der Waals surface area contributed by atoms with Crippen LogP contribution < -0.4 is 0 Å². The second-order valence-corrected chi connectivity index (χ2v) is 5.89. The number of hydrogen-bond donors (Lipinski definition) is 2. The number of halogens is 1. The van der Waals surface area contributed by atoms with Crippen molar-refractivity contribution in [3.63, 3.8) is 0 Å². The van der Waals surface area contributed by atoms with E-state index in [0.717, 1.165) is 4.90 Å². The number of amides is 1. The highest BCUT2D eigenvalue weighted by atomic mass is 35.5. The number of nitrogens with zero attached hydrogens (tertiary/aromatic N) is 1.